The summed E-state index contributed by atoms with van der Waals surface area (Å²) in [5.41, 5.74) is 2.13. The van der Waals surface area contributed by atoms with Gasteiger partial charge in [0.25, 0.3) is 0 Å². The molecule has 0 radical (unpaired) electrons. The van der Waals surface area contributed by atoms with Crippen molar-refractivity contribution in [2.24, 2.45) is 0 Å². The highest BCUT2D eigenvalue weighted by atomic mass is 35.5. The van der Waals surface area contributed by atoms with E-state index in [9.17, 15) is 0 Å². The molecular weight excluding hydrogens is 368 g/mol. The Morgan fingerprint density at radius 2 is 1.92 bits per heavy atom. The molecular formula is C20H23ClN2O2S. The quantitative estimate of drug-likeness (QED) is 0.343. The predicted molar refractivity (Wildman–Crippen MR) is 109 cm³/mol. The van der Waals surface area contributed by atoms with Crippen LogP contribution in [0, 0.1) is 0 Å². The van der Waals surface area contributed by atoms with Crippen LogP contribution in [0.2, 0.25) is 5.02 Å². The maximum atomic E-state index is 6.16. The van der Waals surface area contributed by atoms with Crippen LogP contribution in [-0.2, 0) is 0 Å². The SMILES string of the molecule is COc1ccc(OCCCCCCSc2nc3ccccc3[nH]2)c(Cl)c1. The molecule has 3 aromatic rings. The predicted octanol–water partition coefficient (Wildman–Crippen LogP) is 5.96. The lowest BCUT2D eigenvalue weighted by Crippen LogP contribution is -1.98. The smallest absolute Gasteiger partial charge is 0.166 e. The van der Waals surface area contributed by atoms with Gasteiger partial charge in [-0.25, -0.2) is 4.98 Å². The van der Waals surface area contributed by atoms with Crippen LogP contribution in [0.1, 0.15) is 25.7 Å². The summed E-state index contributed by atoms with van der Waals surface area (Å²) in [5.74, 6) is 2.53. The summed E-state index contributed by atoms with van der Waals surface area (Å²) in [4.78, 5) is 7.93. The van der Waals surface area contributed by atoms with Crippen molar-refractivity contribution in [2.75, 3.05) is 19.5 Å². The van der Waals surface area contributed by atoms with E-state index in [1.165, 1.54) is 12.8 Å². The number of H-pyrrole nitrogens is 1. The minimum absolute atomic E-state index is 0.589. The number of thioether (sulfide) groups is 1. The second kappa shape index (κ2) is 9.74. The van der Waals surface area contributed by atoms with Crippen molar-refractivity contribution in [1.82, 2.24) is 9.97 Å². The van der Waals surface area contributed by atoms with Crippen molar-refractivity contribution >= 4 is 34.4 Å². The normalized spacial score (nSPS) is 11.0. The van der Waals surface area contributed by atoms with Gasteiger partial charge in [-0.3, -0.25) is 0 Å². The fourth-order valence-corrected chi connectivity index (χ4v) is 3.74. The van der Waals surface area contributed by atoms with Crippen LogP contribution in [0.15, 0.2) is 47.6 Å². The molecule has 0 amide bonds. The molecule has 0 unspecified atom stereocenters. The number of unbranched alkanes of at least 4 members (excludes halogenated alkanes) is 3. The number of aromatic nitrogens is 2. The average molecular weight is 391 g/mol. The van der Waals surface area contributed by atoms with Gasteiger partial charge < -0.3 is 14.5 Å². The highest BCUT2D eigenvalue weighted by Crippen LogP contribution is 2.28. The number of para-hydroxylation sites is 2. The van der Waals surface area contributed by atoms with Crippen LogP contribution in [0.4, 0.5) is 0 Å². The minimum atomic E-state index is 0.589. The first kappa shape index (κ1) is 18.9. The number of nitrogens with zero attached hydrogens (tertiary/aromatic N) is 1. The second-order valence-corrected chi connectivity index (χ2v) is 7.46. The zero-order chi connectivity index (χ0) is 18.2. The lowest BCUT2D eigenvalue weighted by molar-refractivity contribution is 0.304. The summed E-state index contributed by atoms with van der Waals surface area (Å²) in [7, 11) is 1.62. The van der Waals surface area contributed by atoms with Crippen molar-refractivity contribution in [1.29, 1.82) is 0 Å². The van der Waals surface area contributed by atoms with E-state index in [4.69, 9.17) is 21.1 Å². The molecule has 1 heterocycles. The third kappa shape index (κ3) is 5.32. The maximum Gasteiger partial charge on any atom is 0.166 e. The molecule has 2 aromatic carbocycles. The van der Waals surface area contributed by atoms with E-state index in [-0.39, 0.29) is 0 Å². The Kier molecular flexibility index (Phi) is 7.09. The number of rotatable bonds is 10. The molecule has 4 nitrogen and oxygen atoms in total. The molecule has 6 heteroatoms. The monoisotopic (exact) mass is 390 g/mol. The molecule has 26 heavy (non-hydrogen) atoms. The summed E-state index contributed by atoms with van der Waals surface area (Å²) < 4.78 is 10.9. The van der Waals surface area contributed by atoms with Crippen LogP contribution in [0.25, 0.3) is 11.0 Å². The molecule has 0 aliphatic heterocycles. The lowest BCUT2D eigenvalue weighted by Gasteiger charge is -2.09. The first-order valence-corrected chi connectivity index (χ1v) is 10.2. The number of nitrogens with one attached hydrogen (secondary N) is 1. The number of halogens is 1. The number of methoxy groups -OCH3 is 1. The van der Waals surface area contributed by atoms with E-state index < -0.39 is 0 Å². The van der Waals surface area contributed by atoms with E-state index in [0.29, 0.717) is 17.4 Å². The van der Waals surface area contributed by atoms with Crippen molar-refractivity contribution in [3.63, 3.8) is 0 Å². The van der Waals surface area contributed by atoms with Gasteiger partial charge in [-0.15, -0.1) is 0 Å². The van der Waals surface area contributed by atoms with E-state index >= 15 is 0 Å². The number of hydrogen-bond acceptors (Lipinski definition) is 4. The summed E-state index contributed by atoms with van der Waals surface area (Å²) in [6.07, 6.45) is 4.53. The number of aromatic amines is 1. The molecule has 0 bridgehead atoms. The maximum absolute atomic E-state index is 6.16. The van der Waals surface area contributed by atoms with Gasteiger partial charge >= 0.3 is 0 Å². The molecule has 1 aromatic heterocycles. The standard InChI is InChI=1S/C20H23ClN2O2S/c1-24-15-10-11-19(16(21)14-15)25-12-6-2-3-7-13-26-20-22-17-8-4-5-9-18(17)23-20/h4-5,8-11,14H,2-3,6-7,12-13H2,1H3,(H,22,23). The Bertz CT molecular complexity index is 805. The van der Waals surface area contributed by atoms with Gasteiger partial charge in [0.2, 0.25) is 0 Å². The van der Waals surface area contributed by atoms with E-state index in [1.54, 1.807) is 24.9 Å². The molecule has 0 spiro atoms. The van der Waals surface area contributed by atoms with Gasteiger partial charge in [0.15, 0.2) is 5.16 Å². The molecule has 0 saturated heterocycles. The zero-order valence-electron chi connectivity index (χ0n) is 14.8. The number of hydrogen-bond donors (Lipinski definition) is 1. The highest BCUT2D eigenvalue weighted by molar-refractivity contribution is 7.99. The molecule has 138 valence electrons. The van der Waals surface area contributed by atoms with Gasteiger partial charge in [0.1, 0.15) is 11.5 Å². The molecule has 0 aliphatic rings. The first-order chi connectivity index (χ1) is 12.8. The molecule has 0 fully saturated rings. The Balaban J connectivity index is 1.27. The Morgan fingerprint density at radius 3 is 2.73 bits per heavy atom. The van der Waals surface area contributed by atoms with Crippen molar-refractivity contribution in [3.05, 3.63) is 47.5 Å². The third-order valence-electron chi connectivity index (χ3n) is 4.04. The summed E-state index contributed by atoms with van der Waals surface area (Å²) >= 11 is 7.95. The Morgan fingerprint density at radius 1 is 1.08 bits per heavy atom. The van der Waals surface area contributed by atoms with Crippen LogP contribution in [0.5, 0.6) is 11.5 Å². The number of benzene rings is 2. The fourth-order valence-electron chi connectivity index (χ4n) is 2.63. The van der Waals surface area contributed by atoms with Crippen molar-refractivity contribution < 1.29 is 9.47 Å². The zero-order valence-corrected chi connectivity index (χ0v) is 16.4. The van der Waals surface area contributed by atoms with Gasteiger partial charge in [0, 0.05) is 11.8 Å². The molecule has 0 saturated carbocycles. The van der Waals surface area contributed by atoms with Gasteiger partial charge in [-0.05, 0) is 37.1 Å². The highest BCUT2D eigenvalue weighted by Gasteiger charge is 2.04. The molecule has 1 N–H and O–H groups in total. The van der Waals surface area contributed by atoms with E-state index in [2.05, 4.69) is 16.0 Å². The summed E-state index contributed by atoms with van der Waals surface area (Å²) in [6.45, 7) is 0.683. The first-order valence-electron chi connectivity index (χ1n) is 8.80. The summed E-state index contributed by atoms with van der Waals surface area (Å²) in [5, 5.41) is 1.59. The van der Waals surface area contributed by atoms with Crippen LogP contribution < -0.4 is 9.47 Å². The molecule has 0 aliphatic carbocycles. The molecule has 0 atom stereocenters. The van der Waals surface area contributed by atoms with Crippen LogP contribution in [0.3, 0.4) is 0 Å². The van der Waals surface area contributed by atoms with Crippen LogP contribution >= 0.6 is 23.4 Å². The second-order valence-electron chi connectivity index (χ2n) is 5.97. The molecule has 3 rings (SSSR count). The number of ether oxygens (including phenoxy) is 2. The fraction of sp³-hybridized carbons (Fsp3) is 0.350. The van der Waals surface area contributed by atoms with Crippen LogP contribution in [-0.4, -0.2) is 29.4 Å². The van der Waals surface area contributed by atoms with Gasteiger partial charge in [-0.2, -0.15) is 0 Å². The average Bonchev–Trinajstić information content (AvgIpc) is 3.07. The van der Waals surface area contributed by atoms with E-state index in [0.717, 1.165) is 40.5 Å². The summed E-state index contributed by atoms with van der Waals surface area (Å²) in [6, 6.07) is 13.6. The topological polar surface area (TPSA) is 47.1 Å². The largest absolute Gasteiger partial charge is 0.497 e. The minimum Gasteiger partial charge on any atom is -0.497 e. The lowest BCUT2D eigenvalue weighted by atomic mass is 10.2. The van der Waals surface area contributed by atoms with Gasteiger partial charge in [-0.1, -0.05) is 48.3 Å². The Labute approximate surface area is 163 Å². The van der Waals surface area contributed by atoms with Crippen molar-refractivity contribution in [3.8, 4) is 11.5 Å². The number of imidazole rings is 1. The number of fused-ring (bicyclic) bond motifs is 1. The Hall–Kier alpha value is -1.85. The van der Waals surface area contributed by atoms with E-state index in [1.807, 2.05) is 30.3 Å². The third-order valence-corrected chi connectivity index (χ3v) is 5.30. The van der Waals surface area contributed by atoms with Gasteiger partial charge in [0.05, 0.1) is 29.8 Å². The van der Waals surface area contributed by atoms with Crippen molar-refractivity contribution in [2.45, 2.75) is 30.8 Å².